The summed E-state index contributed by atoms with van der Waals surface area (Å²) in [5.74, 6) is 2.98. The van der Waals surface area contributed by atoms with Crippen molar-refractivity contribution in [3.8, 4) is 0 Å². The van der Waals surface area contributed by atoms with Gasteiger partial charge in [-0.15, -0.1) is 0 Å². The van der Waals surface area contributed by atoms with Gasteiger partial charge in [-0.2, -0.15) is 11.8 Å². The van der Waals surface area contributed by atoms with Crippen molar-refractivity contribution in [2.24, 2.45) is 10.9 Å². The number of hydrogen-bond donors (Lipinski definition) is 1. The molecular formula is C17H31N5S. The minimum Gasteiger partial charge on any atom is -0.357 e. The summed E-state index contributed by atoms with van der Waals surface area (Å²) < 4.78 is 2.25. The van der Waals surface area contributed by atoms with Crippen LogP contribution in [0.4, 0.5) is 0 Å². The first kappa shape index (κ1) is 18.2. The number of imidazole rings is 1. The van der Waals surface area contributed by atoms with Crippen LogP contribution in [0.1, 0.15) is 39.2 Å². The van der Waals surface area contributed by atoms with Crippen molar-refractivity contribution < 1.29 is 0 Å². The van der Waals surface area contributed by atoms with Gasteiger partial charge in [-0.3, -0.25) is 4.99 Å². The summed E-state index contributed by atoms with van der Waals surface area (Å²) >= 11 is 1.91. The number of rotatable bonds is 7. The molecule has 130 valence electrons. The summed E-state index contributed by atoms with van der Waals surface area (Å²) in [6.45, 7) is 8.42. The molecule has 2 heterocycles. The van der Waals surface area contributed by atoms with Crippen molar-refractivity contribution in [3.05, 3.63) is 18.7 Å². The Balaban J connectivity index is 1.96. The predicted molar refractivity (Wildman–Crippen MR) is 100 cm³/mol. The molecule has 2 unspecified atom stereocenters. The molecule has 6 heteroatoms. The summed E-state index contributed by atoms with van der Waals surface area (Å²) in [4.78, 5) is 11.5. The van der Waals surface area contributed by atoms with Gasteiger partial charge in [-0.25, -0.2) is 4.98 Å². The van der Waals surface area contributed by atoms with E-state index >= 15 is 0 Å². The average Bonchev–Trinajstić information content (AvgIpc) is 3.08. The summed E-state index contributed by atoms with van der Waals surface area (Å²) in [5.41, 5.74) is 0. The van der Waals surface area contributed by atoms with Gasteiger partial charge in [-0.1, -0.05) is 6.92 Å². The van der Waals surface area contributed by atoms with E-state index in [0.29, 0.717) is 12.0 Å². The topological polar surface area (TPSA) is 45.5 Å². The SMILES string of the molecule is CCNC(=NCCCCSC)N1CCC(C)C(n2ccnc2)C1. The van der Waals surface area contributed by atoms with Crippen LogP contribution < -0.4 is 5.32 Å². The number of aromatic nitrogens is 2. The van der Waals surface area contributed by atoms with Crippen molar-refractivity contribution in [1.29, 1.82) is 0 Å². The Morgan fingerprint density at radius 3 is 3.00 bits per heavy atom. The molecule has 0 bridgehead atoms. The van der Waals surface area contributed by atoms with Gasteiger partial charge in [0.25, 0.3) is 0 Å². The first-order chi connectivity index (χ1) is 11.3. The Bertz CT molecular complexity index is 460. The molecule has 5 nitrogen and oxygen atoms in total. The van der Waals surface area contributed by atoms with Crippen LogP contribution in [-0.2, 0) is 0 Å². The van der Waals surface area contributed by atoms with Crippen LogP contribution in [0.25, 0.3) is 0 Å². The Morgan fingerprint density at radius 1 is 1.43 bits per heavy atom. The van der Waals surface area contributed by atoms with Crippen LogP contribution in [0.3, 0.4) is 0 Å². The van der Waals surface area contributed by atoms with E-state index in [4.69, 9.17) is 4.99 Å². The number of hydrogen-bond acceptors (Lipinski definition) is 3. The zero-order valence-corrected chi connectivity index (χ0v) is 15.6. The molecule has 1 aliphatic heterocycles. The number of piperidine rings is 1. The minimum absolute atomic E-state index is 0.478. The Labute approximate surface area is 145 Å². The second kappa shape index (κ2) is 9.85. The van der Waals surface area contributed by atoms with E-state index < -0.39 is 0 Å². The van der Waals surface area contributed by atoms with E-state index in [0.717, 1.165) is 32.1 Å². The molecule has 0 spiro atoms. The maximum atomic E-state index is 4.85. The van der Waals surface area contributed by atoms with E-state index in [1.807, 2.05) is 24.3 Å². The molecule has 0 amide bonds. The van der Waals surface area contributed by atoms with Crippen molar-refractivity contribution in [3.63, 3.8) is 0 Å². The van der Waals surface area contributed by atoms with Crippen molar-refractivity contribution in [2.45, 2.75) is 39.2 Å². The summed E-state index contributed by atoms with van der Waals surface area (Å²) in [6, 6.07) is 0.478. The van der Waals surface area contributed by atoms with Gasteiger partial charge < -0.3 is 14.8 Å². The van der Waals surface area contributed by atoms with Crippen LogP contribution in [0.5, 0.6) is 0 Å². The molecule has 0 radical (unpaired) electrons. The number of aliphatic imine (C=N–C) groups is 1. The maximum absolute atomic E-state index is 4.85. The van der Waals surface area contributed by atoms with E-state index in [2.05, 4.69) is 46.1 Å². The zero-order chi connectivity index (χ0) is 16.5. The molecule has 2 atom stereocenters. The monoisotopic (exact) mass is 337 g/mol. The third-order valence-corrected chi connectivity index (χ3v) is 5.18. The molecule has 0 aromatic carbocycles. The largest absolute Gasteiger partial charge is 0.357 e. The number of unbranched alkanes of at least 4 members (excludes halogenated alkanes) is 1. The third-order valence-electron chi connectivity index (χ3n) is 4.48. The van der Waals surface area contributed by atoms with E-state index in [1.165, 1.54) is 25.0 Å². The lowest BCUT2D eigenvalue weighted by molar-refractivity contribution is 0.189. The average molecular weight is 338 g/mol. The number of thioether (sulfide) groups is 1. The second-order valence-electron chi connectivity index (χ2n) is 6.22. The lowest BCUT2D eigenvalue weighted by Gasteiger charge is -2.39. The number of guanidine groups is 1. The molecule has 1 aromatic rings. The van der Waals surface area contributed by atoms with Gasteiger partial charge in [0, 0.05) is 38.6 Å². The number of nitrogens with one attached hydrogen (secondary N) is 1. The van der Waals surface area contributed by atoms with Gasteiger partial charge in [0.15, 0.2) is 5.96 Å². The lowest BCUT2D eigenvalue weighted by atomic mass is 9.93. The van der Waals surface area contributed by atoms with Gasteiger partial charge in [-0.05, 0) is 44.1 Å². The van der Waals surface area contributed by atoms with Crippen molar-refractivity contribution >= 4 is 17.7 Å². The summed E-state index contributed by atoms with van der Waals surface area (Å²) in [6.07, 6.45) is 11.7. The third kappa shape index (κ3) is 5.44. The predicted octanol–water partition coefficient (Wildman–Crippen LogP) is 2.87. The normalized spacial score (nSPS) is 22.4. The van der Waals surface area contributed by atoms with E-state index in [-0.39, 0.29) is 0 Å². The summed E-state index contributed by atoms with van der Waals surface area (Å²) in [5, 5.41) is 3.47. The smallest absolute Gasteiger partial charge is 0.193 e. The molecule has 2 rings (SSSR count). The molecule has 0 saturated carbocycles. The fourth-order valence-electron chi connectivity index (χ4n) is 3.06. The van der Waals surface area contributed by atoms with E-state index in [9.17, 15) is 0 Å². The number of nitrogens with zero attached hydrogens (tertiary/aromatic N) is 4. The highest BCUT2D eigenvalue weighted by Gasteiger charge is 2.28. The van der Waals surface area contributed by atoms with Gasteiger partial charge in [0.1, 0.15) is 0 Å². The number of likely N-dealkylation sites (tertiary alicyclic amines) is 1. The lowest BCUT2D eigenvalue weighted by Crippen LogP contribution is -2.49. The molecule has 1 aliphatic rings. The first-order valence-corrected chi connectivity index (χ1v) is 10.1. The Kier molecular flexibility index (Phi) is 7.79. The Morgan fingerprint density at radius 2 is 2.30 bits per heavy atom. The quantitative estimate of drug-likeness (QED) is 0.472. The highest BCUT2D eigenvalue weighted by molar-refractivity contribution is 7.98. The summed E-state index contributed by atoms with van der Waals surface area (Å²) in [7, 11) is 0. The Hall–Kier alpha value is -1.17. The molecule has 1 saturated heterocycles. The highest BCUT2D eigenvalue weighted by Crippen LogP contribution is 2.27. The van der Waals surface area contributed by atoms with Crippen LogP contribution >= 0.6 is 11.8 Å². The van der Waals surface area contributed by atoms with Crippen LogP contribution in [0.2, 0.25) is 0 Å². The first-order valence-electron chi connectivity index (χ1n) is 8.75. The molecule has 1 aromatic heterocycles. The minimum atomic E-state index is 0.478. The van der Waals surface area contributed by atoms with E-state index in [1.54, 1.807) is 0 Å². The van der Waals surface area contributed by atoms with Crippen molar-refractivity contribution in [1.82, 2.24) is 19.8 Å². The van der Waals surface area contributed by atoms with Crippen molar-refractivity contribution in [2.75, 3.05) is 38.2 Å². The van der Waals surface area contributed by atoms with Gasteiger partial charge in [0.05, 0.1) is 12.4 Å². The highest BCUT2D eigenvalue weighted by atomic mass is 32.2. The fourth-order valence-corrected chi connectivity index (χ4v) is 3.56. The van der Waals surface area contributed by atoms with Gasteiger partial charge >= 0.3 is 0 Å². The maximum Gasteiger partial charge on any atom is 0.193 e. The zero-order valence-electron chi connectivity index (χ0n) is 14.7. The molecule has 1 fully saturated rings. The second-order valence-corrected chi connectivity index (χ2v) is 7.21. The van der Waals surface area contributed by atoms with Gasteiger partial charge in [0.2, 0.25) is 0 Å². The molecular weight excluding hydrogens is 306 g/mol. The van der Waals surface area contributed by atoms with Crippen LogP contribution in [-0.4, -0.2) is 58.6 Å². The molecule has 1 N–H and O–H groups in total. The fraction of sp³-hybridized carbons (Fsp3) is 0.765. The van der Waals surface area contributed by atoms with Crippen LogP contribution in [0.15, 0.2) is 23.7 Å². The molecule has 23 heavy (non-hydrogen) atoms. The standard InChI is InChI=1S/C17H31N5S/c1-4-19-17(20-8-5-6-12-23-3)21-10-7-15(2)16(13-21)22-11-9-18-14-22/h9,11,14-16H,4-8,10,12-13H2,1-3H3,(H,19,20). The molecule has 0 aliphatic carbocycles. The van der Waals surface area contributed by atoms with Crippen LogP contribution in [0, 0.1) is 5.92 Å².